The van der Waals surface area contributed by atoms with Gasteiger partial charge in [0.1, 0.15) is 11.4 Å². The van der Waals surface area contributed by atoms with Crippen LogP contribution in [-0.2, 0) is 15.1 Å². The number of nitrogens with zero attached hydrogens (tertiary/aromatic N) is 1. The number of halogens is 1. The lowest BCUT2D eigenvalue weighted by Crippen LogP contribution is -2.44. The number of rotatable bonds is 4. The average molecular weight is 320 g/mol. The van der Waals surface area contributed by atoms with Crippen LogP contribution in [0.2, 0.25) is 0 Å². The molecule has 124 valence electrons. The van der Waals surface area contributed by atoms with Crippen LogP contribution in [0.25, 0.3) is 0 Å². The van der Waals surface area contributed by atoms with Crippen LogP contribution in [0.1, 0.15) is 38.2 Å². The van der Waals surface area contributed by atoms with Gasteiger partial charge in [-0.1, -0.05) is 19.1 Å². The second-order valence-electron chi connectivity index (χ2n) is 6.10. The van der Waals surface area contributed by atoms with Crippen LogP contribution in [0, 0.1) is 5.82 Å². The van der Waals surface area contributed by atoms with E-state index in [1.807, 2.05) is 6.92 Å². The average Bonchev–Trinajstić information content (AvgIpc) is 2.82. The predicted octanol–water partition coefficient (Wildman–Crippen LogP) is 2.55. The summed E-state index contributed by atoms with van der Waals surface area (Å²) in [5.41, 5.74) is -0.508. The molecule has 1 aromatic rings. The Bertz CT molecular complexity index is 598. The van der Waals surface area contributed by atoms with Crippen molar-refractivity contribution in [2.24, 2.45) is 0 Å². The first kappa shape index (κ1) is 15.9. The molecule has 0 saturated carbocycles. The van der Waals surface area contributed by atoms with Gasteiger partial charge in [0.05, 0.1) is 12.6 Å². The number of carbonyl (C=O) groups is 2. The summed E-state index contributed by atoms with van der Waals surface area (Å²) in [5.74, 6) is -0.657. The minimum absolute atomic E-state index is 0.0978. The van der Waals surface area contributed by atoms with Crippen molar-refractivity contribution >= 4 is 11.9 Å². The van der Waals surface area contributed by atoms with Crippen molar-refractivity contribution in [2.75, 3.05) is 13.2 Å². The molecule has 1 aromatic carbocycles. The number of hydrogen-bond acceptors (Lipinski definition) is 3. The maximum atomic E-state index is 13.2. The Morgan fingerprint density at radius 1 is 1.30 bits per heavy atom. The number of nitrogens with one attached hydrogen (secondary N) is 1. The Morgan fingerprint density at radius 3 is 2.65 bits per heavy atom. The van der Waals surface area contributed by atoms with Gasteiger partial charge in [-0.25, -0.2) is 9.18 Å². The molecule has 2 atom stereocenters. The van der Waals surface area contributed by atoms with Gasteiger partial charge in [-0.3, -0.25) is 9.69 Å². The molecule has 2 aliphatic heterocycles. The van der Waals surface area contributed by atoms with Gasteiger partial charge in [0.25, 0.3) is 5.91 Å². The quantitative estimate of drug-likeness (QED) is 0.867. The van der Waals surface area contributed by atoms with E-state index in [2.05, 4.69) is 5.32 Å². The largest absolute Gasteiger partial charge is 0.376 e. The van der Waals surface area contributed by atoms with Crippen molar-refractivity contribution in [3.05, 3.63) is 35.6 Å². The zero-order valence-electron chi connectivity index (χ0n) is 13.2. The first-order valence-corrected chi connectivity index (χ1v) is 8.08. The molecule has 2 aliphatic rings. The summed E-state index contributed by atoms with van der Waals surface area (Å²) in [7, 11) is 0. The monoisotopic (exact) mass is 320 g/mol. The number of amides is 3. The van der Waals surface area contributed by atoms with E-state index >= 15 is 0 Å². The van der Waals surface area contributed by atoms with Crippen molar-refractivity contribution in [3.63, 3.8) is 0 Å². The third-order valence-electron chi connectivity index (χ3n) is 4.70. The molecule has 0 bridgehead atoms. The molecule has 1 N–H and O–H groups in total. The molecule has 6 heteroatoms. The van der Waals surface area contributed by atoms with E-state index in [9.17, 15) is 14.0 Å². The van der Waals surface area contributed by atoms with E-state index in [0.29, 0.717) is 18.6 Å². The van der Waals surface area contributed by atoms with E-state index in [-0.39, 0.29) is 24.4 Å². The van der Waals surface area contributed by atoms with E-state index < -0.39 is 11.6 Å². The van der Waals surface area contributed by atoms with Gasteiger partial charge in [-0.15, -0.1) is 0 Å². The van der Waals surface area contributed by atoms with Crippen LogP contribution in [0.4, 0.5) is 9.18 Å². The van der Waals surface area contributed by atoms with Gasteiger partial charge >= 0.3 is 6.03 Å². The van der Waals surface area contributed by atoms with Crippen molar-refractivity contribution in [3.8, 4) is 0 Å². The first-order chi connectivity index (χ1) is 11.1. The summed E-state index contributed by atoms with van der Waals surface area (Å²) in [5, 5.41) is 2.80. The Morgan fingerprint density at radius 2 is 2.04 bits per heavy atom. The lowest BCUT2D eigenvalue weighted by molar-refractivity contribution is -0.133. The molecular weight excluding hydrogens is 299 g/mol. The van der Waals surface area contributed by atoms with Gasteiger partial charge in [-0.2, -0.15) is 0 Å². The summed E-state index contributed by atoms with van der Waals surface area (Å²) >= 11 is 0. The topological polar surface area (TPSA) is 58.6 Å². The molecule has 0 radical (unpaired) electrons. The third kappa shape index (κ3) is 2.83. The van der Waals surface area contributed by atoms with Crippen molar-refractivity contribution in [2.45, 2.75) is 44.2 Å². The van der Waals surface area contributed by atoms with Crippen LogP contribution in [0.5, 0.6) is 0 Å². The number of benzene rings is 1. The van der Waals surface area contributed by atoms with Gasteiger partial charge in [0.15, 0.2) is 0 Å². The molecule has 3 amide bonds. The fourth-order valence-corrected chi connectivity index (χ4v) is 3.32. The zero-order chi connectivity index (χ0) is 16.4. The summed E-state index contributed by atoms with van der Waals surface area (Å²) in [6, 6.07) is 5.31. The van der Waals surface area contributed by atoms with E-state index in [1.165, 1.54) is 17.0 Å². The smallest absolute Gasteiger partial charge is 0.325 e. The number of ether oxygens (including phenoxy) is 1. The second-order valence-corrected chi connectivity index (χ2v) is 6.10. The number of hydrogen-bond donors (Lipinski definition) is 1. The van der Waals surface area contributed by atoms with Crippen molar-refractivity contribution < 1.29 is 18.7 Å². The maximum Gasteiger partial charge on any atom is 0.325 e. The molecule has 2 saturated heterocycles. The predicted molar refractivity (Wildman–Crippen MR) is 82.2 cm³/mol. The SMILES string of the molecule is CCC1(c2ccc(F)cc2)NC(=O)N(CC2CCCCO2)C1=O. The van der Waals surface area contributed by atoms with Crippen LogP contribution in [0.15, 0.2) is 24.3 Å². The summed E-state index contributed by atoms with van der Waals surface area (Å²) in [6.07, 6.45) is 3.23. The van der Waals surface area contributed by atoms with Crippen LogP contribution in [-0.4, -0.2) is 36.1 Å². The minimum Gasteiger partial charge on any atom is -0.376 e. The highest BCUT2D eigenvalue weighted by atomic mass is 19.1. The molecular formula is C17H21FN2O3. The lowest BCUT2D eigenvalue weighted by atomic mass is 9.87. The summed E-state index contributed by atoms with van der Waals surface area (Å²) in [4.78, 5) is 26.5. The Labute approximate surface area is 134 Å². The van der Waals surface area contributed by atoms with Gasteiger partial charge in [0.2, 0.25) is 0 Å². The van der Waals surface area contributed by atoms with Crippen LogP contribution >= 0.6 is 0 Å². The fraction of sp³-hybridized carbons (Fsp3) is 0.529. The standard InChI is InChI=1S/C17H21FN2O3/c1-2-17(12-6-8-13(18)9-7-12)15(21)20(16(22)19-17)11-14-5-3-4-10-23-14/h6-9,14H,2-5,10-11H2,1H3,(H,19,22). The molecule has 2 heterocycles. The number of urea groups is 1. The second kappa shape index (κ2) is 6.28. The molecule has 0 aliphatic carbocycles. The maximum absolute atomic E-state index is 13.2. The first-order valence-electron chi connectivity index (χ1n) is 8.08. The molecule has 23 heavy (non-hydrogen) atoms. The Kier molecular flexibility index (Phi) is 4.35. The number of carbonyl (C=O) groups excluding carboxylic acids is 2. The molecule has 0 aromatic heterocycles. The molecule has 3 rings (SSSR count). The molecule has 2 fully saturated rings. The highest BCUT2D eigenvalue weighted by Gasteiger charge is 2.51. The van der Waals surface area contributed by atoms with Crippen molar-refractivity contribution in [1.82, 2.24) is 10.2 Å². The Balaban J connectivity index is 1.84. The van der Waals surface area contributed by atoms with Gasteiger partial charge in [0, 0.05) is 6.61 Å². The Hall–Kier alpha value is -1.95. The summed E-state index contributed by atoms with van der Waals surface area (Å²) < 4.78 is 18.8. The highest BCUT2D eigenvalue weighted by molar-refractivity contribution is 6.07. The lowest BCUT2D eigenvalue weighted by Gasteiger charge is -2.28. The van der Waals surface area contributed by atoms with Crippen LogP contribution < -0.4 is 5.32 Å². The minimum atomic E-state index is -1.11. The van der Waals surface area contributed by atoms with E-state index in [1.54, 1.807) is 12.1 Å². The molecule has 0 spiro atoms. The van der Waals surface area contributed by atoms with Crippen molar-refractivity contribution in [1.29, 1.82) is 0 Å². The summed E-state index contributed by atoms with van der Waals surface area (Å²) in [6.45, 7) is 2.78. The highest BCUT2D eigenvalue weighted by Crippen LogP contribution is 2.33. The zero-order valence-corrected chi connectivity index (χ0v) is 13.2. The molecule has 2 unspecified atom stereocenters. The van der Waals surface area contributed by atoms with Gasteiger partial charge in [-0.05, 0) is 43.4 Å². The third-order valence-corrected chi connectivity index (χ3v) is 4.70. The van der Waals surface area contributed by atoms with E-state index in [4.69, 9.17) is 4.74 Å². The molecule has 5 nitrogen and oxygen atoms in total. The van der Waals surface area contributed by atoms with Crippen LogP contribution in [0.3, 0.4) is 0 Å². The van der Waals surface area contributed by atoms with E-state index in [0.717, 1.165) is 19.3 Å². The normalized spacial score (nSPS) is 28.1. The number of imide groups is 1. The van der Waals surface area contributed by atoms with Gasteiger partial charge < -0.3 is 10.1 Å². The fourth-order valence-electron chi connectivity index (χ4n) is 3.32.